The summed E-state index contributed by atoms with van der Waals surface area (Å²) >= 11 is 0. The Labute approximate surface area is 473 Å². The van der Waals surface area contributed by atoms with Gasteiger partial charge in [0.05, 0.1) is 18.8 Å². The molecule has 0 bridgehead atoms. The molecule has 0 aromatic rings. The van der Waals surface area contributed by atoms with Crippen LogP contribution in [0.3, 0.4) is 0 Å². The van der Waals surface area contributed by atoms with E-state index in [2.05, 4.69) is 19.2 Å². The van der Waals surface area contributed by atoms with Crippen LogP contribution >= 0.6 is 0 Å². The van der Waals surface area contributed by atoms with Crippen LogP contribution in [0.2, 0.25) is 0 Å². The number of amides is 1. The van der Waals surface area contributed by atoms with Gasteiger partial charge in [-0.15, -0.1) is 0 Å². The Morgan fingerprint density at radius 1 is 0.307 bits per heavy atom. The van der Waals surface area contributed by atoms with Crippen LogP contribution in [0.15, 0.2) is 12.2 Å². The molecule has 0 heterocycles. The van der Waals surface area contributed by atoms with Crippen LogP contribution in [0.4, 0.5) is 0 Å². The molecule has 75 heavy (non-hydrogen) atoms. The number of aliphatic hydroxyl groups excluding tert-OH is 2. The van der Waals surface area contributed by atoms with Crippen molar-refractivity contribution in [1.29, 1.82) is 0 Å². The van der Waals surface area contributed by atoms with Crippen molar-refractivity contribution in [1.82, 2.24) is 5.32 Å². The van der Waals surface area contributed by atoms with Crippen molar-refractivity contribution >= 4 is 5.91 Å². The van der Waals surface area contributed by atoms with Gasteiger partial charge in [0, 0.05) is 6.42 Å². The van der Waals surface area contributed by atoms with Crippen molar-refractivity contribution in [2.24, 2.45) is 0 Å². The van der Waals surface area contributed by atoms with E-state index in [0.29, 0.717) is 6.42 Å². The summed E-state index contributed by atoms with van der Waals surface area (Å²) in [7, 11) is 0. The topological polar surface area (TPSA) is 69.6 Å². The Morgan fingerprint density at radius 2 is 0.493 bits per heavy atom. The maximum atomic E-state index is 12.5. The van der Waals surface area contributed by atoms with E-state index >= 15 is 0 Å². The van der Waals surface area contributed by atoms with E-state index in [1.165, 1.54) is 372 Å². The molecule has 4 nitrogen and oxygen atoms in total. The number of rotatable bonds is 67. The van der Waals surface area contributed by atoms with Crippen LogP contribution in [0.5, 0.6) is 0 Å². The summed E-state index contributed by atoms with van der Waals surface area (Å²) in [5.74, 6) is -0.0529. The zero-order chi connectivity index (χ0) is 54.1. The van der Waals surface area contributed by atoms with Crippen LogP contribution < -0.4 is 5.32 Å². The van der Waals surface area contributed by atoms with Crippen molar-refractivity contribution in [3.63, 3.8) is 0 Å². The molecule has 0 saturated carbocycles. The second-order valence-corrected chi connectivity index (χ2v) is 24.7. The summed E-state index contributed by atoms with van der Waals surface area (Å²) in [6, 6.07) is -0.620. The van der Waals surface area contributed by atoms with Crippen LogP contribution in [-0.4, -0.2) is 34.9 Å². The highest BCUT2D eigenvalue weighted by Crippen LogP contribution is 2.20. The quantitative estimate of drug-likeness (QED) is 0.0420. The third-order valence-corrected chi connectivity index (χ3v) is 17.0. The van der Waals surface area contributed by atoms with Crippen LogP contribution in [-0.2, 0) is 4.79 Å². The van der Waals surface area contributed by atoms with Crippen molar-refractivity contribution in [2.45, 2.75) is 431 Å². The largest absolute Gasteiger partial charge is 0.394 e. The number of nitrogens with one attached hydrogen (secondary N) is 1. The molecular weight excluding hydrogens is 915 g/mol. The fourth-order valence-electron chi connectivity index (χ4n) is 11.7. The predicted molar refractivity (Wildman–Crippen MR) is 336 cm³/mol. The van der Waals surface area contributed by atoms with Crippen LogP contribution in [0.1, 0.15) is 418 Å². The van der Waals surface area contributed by atoms with Gasteiger partial charge in [0.2, 0.25) is 5.91 Å². The van der Waals surface area contributed by atoms with Gasteiger partial charge in [-0.2, -0.15) is 0 Å². The zero-order valence-electron chi connectivity index (χ0n) is 51.9. The molecule has 0 saturated heterocycles. The Balaban J connectivity index is 3.38. The minimum atomic E-state index is -0.837. The first-order valence-corrected chi connectivity index (χ1v) is 35.4. The standard InChI is InChI=1S/C71H141NO3/c1-3-5-7-9-11-13-15-17-19-21-23-25-27-29-31-32-33-34-35-36-37-38-39-41-43-45-47-49-51-53-55-57-59-61-63-65-67-71(75)72-69(68-73)70(74)66-64-62-60-58-56-54-52-50-48-46-44-42-40-30-28-26-24-22-20-18-16-14-12-10-8-6-4-2/h64,66,69-70,73-74H,3-63,65,67-68H2,1-2H3,(H,72,75)/b66-64+. The fourth-order valence-corrected chi connectivity index (χ4v) is 11.7. The second-order valence-electron chi connectivity index (χ2n) is 24.7. The molecule has 0 aliphatic rings. The number of unbranched alkanes of at least 4 members (excludes halogenated alkanes) is 60. The van der Waals surface area contributed by atoms with Gasteiger partial charge in [0.15, 0.2) is 0 Å². The monoisotopic (exact) mass is 1060 g/mol. The molecule has 2 unspecified atom stereocenters. The van der Waals surface area contributed by atoms with E-state index in [0.717, 1.165) is 25.7 Å². The maximum Gasteiger partial charge on any atom is 0.220 e. The van der Waals surface area contributed by atoms with Gasteiger partial charge in [-0.25, -0.2) is 0 Å². The molecule has 448 valence electrons. The molecule has 3 N–H and O–H groups in total. The van der Waals surface area contributed by atoms with E-state index < -0.39 is 12.1 Å². The van der Waals surface area contributed by atoms with Gasteiger partial charge < -0.3 is 15.5 Å². The molecule has 2 atom stereocenters. The van der Waals surface area contributed by atoms with Gasteiger partial charge in [0.25, 0.3) is 0 Å². The number of hydrogen-bond donors (Lipinski definition) is 3. The summed E-state index contributed by atoms with van der Waals surface area (Å²) in [6.07, 6.45) is 90.3. The normalized spacial score (nSPS) is 12.6. The second kappa shape index (κ2) is 67.4. The molecule has 1 amide bonds. The Bertz CT molecular complexity index is 1060. The fraction of sp³-hybridized carbons (Fsp3) is 0.958. The van der Waals surface area contributed by atoms with Gasteiger partial charge in [0.1, 0.15) is 0 Å². The predicted octanol–water partition coefficient (Wildman–Crippen LogP) is 24.0. The van der Waals surface area contributed by atoms with Gasteiger partial charge in [-0.05, 0) is 19.3 Å². The van der Waals surface area contributed by atoms with E-state index in [-0.39, 0.29) is 12.5 Å². The molecule has 4 heteroatoms. The smallest absolute Gasteiger partial charge is 0.220 e. The van der Waals surface area contributed by atoms with Crippen molar-refractivity contribution in [3.8, 4) is 0 Å². The molecule has 0 aromatic carbocycles. The molecule has 0 aromatic heterocycles. The van der Waals surface area contributed by atoms with Crippen molar-refractivity contribution in [3.05, 3.63) is 12.2 Å². The number of carbonyl (C=O) groups excluding carboxylic acids is 1. The summed E-state index contributed by atoms with van der Waals surface area (Å²) < 4.78 is 0. The summed E-state index contributed by atoms with van der Waals surface area (Å²) in [5, 5.41) is 23.3. The lowest BCUT2D eigenvalue weighted by atomic mass is 10.0. The average molecular weight is 1060 g/mol. The van der Waals surface area contributed by atoms with Gasteiger partial charge in [-0.3, -0.25) is 4.79 Å². The first kappa shape index (κ1) is 74.1. The molecule has 0 radical (unpaired) electrons. The minimum absolute atomic E-state index is 0.0529. The van der Waals surface area contributed by atoms with Crippen LogP contribution in [0.25, 0.3) is 0 Å². The van der Waals surface area contributed by atoms with Gasteiger partial charge in [-0.1, -0.05) is 405 Å². The van der Waals surface area contributed by atoms with Crippen molar-refractivity contribution < 1.29 is 15.0 Å². The highest BCUT2D eigenvalue weighted by molar-refractivity contribution is 5.76. The summed E-state index contributed by atoms with van der Waals surface area (Å²) in [6.45, 7) is 4.37. The average Bonchev–Trinajstić information content (AvgIpc) is 3.41. The van der Waals surface area contributed by atoms with E-state index in [1.807, 2.05) is 6.08 Å². The van der Waals surface area contributed by atoms with E-state index in [1.54, 1.807) is 6.08 Å². The summed E-state index contributed by atoms with van der Waals surface area (Å²) in [5.41, 5.74) is 0. The number of aliphatic hydroxyl groups is 2. The molecule has 0 aliphatic heterocycles. The van der Waals surface area contributed by atoms with Gasteiger partial charge >= 0.3 is 0 Å². The highest BCUT2D eigenvalue weighted by atomic mass is 16.3. The summed E-state index contributed by atoms with van der Waals surface area (Å²) in [4.78, 5) is 12.5. The lowest BCUT2D eigenvalue weighted by Crippen LogP contribution is -2.45. The Kier molecular flexibility index (Phi) is 66.6. The Morgan fingerprint density at radius 3 is 0.693 bits per heavy atom. The molecule has 0 spiro atoms. The molecule has 0 rings (SSSR count). The zero-order valence-corrected chi connectivity index (χ0v) is 51.9. The first-order chi connectivity index (χ1) is 37.2. The first-order valence-electron chi connectivity index (χ1n) is 35.4. The van der Waals surface area contributed by atoms with E-state index in [9.17, 15) is 15.0 Å². The molecule has 0 aliphatic carbocycles. The number of carbonyl (C=O) groups is 1. The minimum Gasteiger partial charge on any atom is -0.394 e. The van der Waals surface area contributed by atoms with E-state index in [4.69, 9.17) is 0 Å². The van der Waals surface area contributed by atoms with Crippen molar-refractivity contribution in [2.75, 3.05) is 6.61 Å². The molecular formula is C71H141NO3. The maximum absolute atomic E-state index is 12.5. The lowest BCUT2D eigenvalue weighted by Gasteiger charge is -2.20. The van der Waals surface area contributed by atoms with Crippen LogP contribution in [0, 0.1) is 0 Å². The Hall–Kier alpha value is -0.870. The lowest BCUT2D eigenvalue weighted by molar-refractivity contribution is -0.123. The number of allylic oxidation sites excluding steroid dienone is 1. The SMILES string of the molecule is CCCCCCCCCCCCCCCCCCCCCCCCCCC/C=C/C(O)C(CO)NC(=O)CCCCCCCCCCCCCCCCCCCCCCCCCCCCCCCCCCCCCC. The highest BCUT2D eigenvalue weighted by Gasteiger charge is 2.18. The third kappa shape index (κ3) is 63.8. The third-order valence-electron chi connectivity index (χ3n) is 17.0. The number of hydrogen-bond acceptors (Lipinski definition) is 3. The molecule has 0 fully saturated rings.